The lowest BCUT2D eigenvalue weighted by molar-refractivity contribution is 1.14. The van der Waals surface area contributed by atoms with E-state index in [2.05, 4.69) is 150 Å². The van der Waals surface area contributed by atoms with Crippen molar-refractivity contribution in [2.75, 3.05) is 25.0 Å². The molecule has 0 fully saturated rings. The molecule has 4 aromatic carbocycles. The summed E-state index contributed by atoms with van der Waals surface area (Å²) in [5.41, 5.74) is 8.61. The Bertz CT molecular complexity index is 1450. The van der Waals surface area contributed by atoms with Gasteiger partial charge >= 0.3 is 0 Å². The van der Waals surface area contributed by atoms with Crippen molar-refractivity contribution in [2.45, 2.75) is 19.6 Å². The lowest BCUT2D eigenvalue weighted by Gasteiger charge is -2.12. The minimum atomic E-state index is 0.865. The van der Waals surface area contributed by atoms with E-state index in [-0.39, 0.29) is 0 Å². The predicted octanol–water partition coefficient (Wildman–Crippen LogP) is 10.5. The third kappa shape index (κ3) is 7.61. The molecule has 0 unspecified atom stereocenters. The Morgan fingerprint density at radius 3 is 0.929 bits per heavy atom. The topological polar surface area (TPSA) is 25.8 Å². The second-order valence-corrected chi connectivity index (χ2v) is 12.9. The summed E-state index contributed by atoms with van der Waals surface area (Å²) in [6, 6.07) is 37.0. The smallest absolute Gasteiger partial charge is 0.116 e. The standard InChI is InChI=1S/C36H32N2S4/c1-39-31-13-5-25(6-14-31)35(26-7-15-32(40-2)16-8-26)22-29-21-30(38-24-37-29)23-36(27-9-17-33(41-3)18-10-27)28-11-19-34(42-4)20-12-28/h5-24H,1-4H3. The van der Waals surface area contributed by atoms with Gasteiger partial charge < -0.3 is 0 Å². The molecule has 42 heavy (non-hydrogen) atoms. The predicted molar refractivity (Wildman–Crippen MR) is 189 cm³/mol. The first-order chi connectivity index (χ1) is 20.6. The fraction of sp³-hybridized carbons (Fsp3) is 0.111. The van der Waals surface area contributed by atoms with Crippen LogP contribution in [0.5, 0.6) is 0 Å². The second kappa shape index (κ2) is 14.8. The molecule has 0 radical (unpaired) electrons. The van der Waals surface area contributed by atoms with Crippen molar-refractivity contribution < 1.29 is 0 Å². The first kappa shape index (κ1) is 30.3. The average Bonchev–Trinajstić information content (AvgIpc) is 3.06. The summed E-state index contributed by atoms with van der Waals surface area (Å²) in [4.78, 5) is 14.3. The first-order valence-corrected chi connectivity index (χ1v) is 18.3. The maximum Gasteiger partial charge on any atom is 0.116 e. The van der Waals surface area contributed by atoms with Crippen LogP contribution in [0.1, 0.15) is 33.6 Å². The maximum atomic E-state index is 4.67. The summed E-state index contributed by atoms with van der Waals surface area (Å²) in [5, 5.41) is 0. The van der Waals surface area contributed by atoms with Gasteiger partial charge in [-0.15, -0.1) is 47.0 Å². The van der Waals surface area contributed by atoms with Gasteiger partial charge in [0.2, 0.25) is 0 Å². The summed E-state index contributed by atoms with van der Waals surface area (Å²) < 4.78 is 0. The van der Waals surface area contributed by atoms with Crippen LogP contribution in [0.15, 0.2) is 129 Å². The van der Waals surface area contributed by atoms with Gasteiger partial charge in [-0.2, -0.15) is 0 Å². The largest absolute Gasteiger partial charge is 0.237 e. The Labute approximate surface area is 266 Å². The van der Waals surface area contributed by atoms with Gasteiger partial charge in [-0.3, -0.25) is 0 Å². The number of hydrogen-bond donors (Lipinski definition) is 0. The fourth-order valence-corrected chi connectivity index (χ4v) is 6.22. The molecular formula is C36H32N2S4. The van der Waals surface area contributed by atoms with Crippen LogP contribution >= 0.6 is 47.0 Å². The Balaban J connectivity index is 1.59. The zero-order valence-corrected chi connectivity index (χ0v) is 27.3. The van der Waals surface area contributed by atoms with Gasteiger partial charge in [-0.05, 0) is 125 Å². The van der Waals surface area contributed by atoms with Crippen LogP contribution < -0.4 is 0 Å². The van der Waals surface area contributed by atoms with Crippen molar-refractivity contribution in [3.63, 3.8) is 0 Å². The van der Waals surface area contributed by atoms with Crippen LogP contribution in [0.2, 0.25) is 0 Å². The molecule has 1 heterocycles. The summed E-state index contributed by atoms with van der Waals surface area (Å²) in [6.07, 6.45) is 14.4. The van der Waals surface area contributed by atoms with Crippen LogP contribution in [-0.4, -0.2) is 35.0 Å². The molecule has 0 aliphatic carbocycles. The molecule has 210 valence electrons. The van der Waals surface area contributed by atoms with Crippen LogP contribution in [0, 0.1) is 0 Å². The molecule has 0 bridgehead atoms. The van der Waals surface area contributed by atoms with E-state index >= 15 is 0 Å². The van der Waals surface area contributed by atoms with Gasteiger partial charge in [-0.25, -0.2) is 9.97 Å². The SMILES string of the molecule is CSc1ccc(C(=Cc2cc(C=C(c3ccc(SC)cc3)c3ccc(SC)cc3)ncn2)c2ccc(SC)cc2)cc1. The molecule has 0 saturated carbocycles. The van der Waals surface area contributed by atoms with Gasteiger partial charge in [0, 0.05) is 19.6 Å². The van der Waals surface area contributed by atoms with Gasteiger partial charge in [0.1, 0.15) is 6.33 Å². The van der Waals surface area contributed by atoms with Crippen molar-refractivity contribution in [2.24, 2.45) is 0 Å². The monoisotopic (exact) mass is 620 g/mol. The first-order valence-electron chi connectivity index (χ1n) is 13.4. The molecule has 5 rings (SSSR count). The molecule has 5 aromatic rings. The molecule has 0 amide bonds. The summed E-state index contributed by atoms with van der Waals surface area (Å²) in [5.74, 6) is 0. The van der Waals surface area contributed by atoms with Crippen molar-refractivity contribution in [3.05, 3.63) is 143 Å². The van der Waals surface area contributed by atoms with Gasteiger partial charge in [0.25, 0.3) is 0 Å². The van der Waals surface area contributed by atoms with Gasteiger partial charge in [-0.1, -0.05) is 48.5 Å². The lowest BCUT2D eigenvalue weighted by Crippen LogP contribution is -1.94. The molecule has 0 spiro atoms. The Morgan fingerprint density at radius 2 is 0.690 bits per heavy atom. The minimum Gasteiger partial charge on any atom is -0.237 e. The average molecular weight is 621 g/mol. The van der Waals surface area contributed by atoms with E-state index in [1.807, 2.05) is 0 Å². The Kier molecular flexibility index (Phi) is 10.7. The quantitative estimate of drug-likeness (QED) is 0.144. The third-order valence-corrected chi connectivity index (χ3v) is 9.87. The van der Waals surface area contributed by atoms with Crippen LogP contribution in [0.3, 0.4) is 0 Å². The van der Waals surface area contributed by atoms with E-state index in [1.54, 1.807) is 53.4 Å². The molecule has 0 atom stereocenters. The van der Waals surface area contributed by atoms with Gasteiger partial charge in [0.05, 0.1) is 11.4 Å². The van der Waals surface area contributed by atoms with E-state index in [4.69, 9.17) is 0 Å². The highest BCUT2D eigenvalue weighted by Crippen LogP contribution is 2.31. The highest BCUT2D eigenvalue weighted by Gasteiger charge is 2.10. The molecule has 0 saturated heterocycles. The Hall–Kier alpha value is -3.16. The number of hydrogen-bond acceptors (Lipinski definition) is 6. The lowest BCUT2D eigenvalue weighted by atomic mass is 9.96. The summed E-state index contributed by atoms with van der Waals surface area (Å²) in [6.45, 7) is 0. The molecule has 0 N–H and O–H groups in total. The highest BCUT2D eigenvalue weighted by atomic mass is 32.2. The third-order valence-electron chi connectivity index (χ3n) is 6.90. The van der Waals surface area contributed by atoms with Crippen LogP contribution in [0.4, 0.5) is 0 Å². The fourth-order valence-electron chi connectivity index (χ4n) is 4.59. The van der Waals surface area contributed by atoms with Crippen molar-refractivity contribution in [1.29, 1.82) is 0 Å². The molecule has 1 aromatic heterocycles. The minimum absolute atomic E-state index is 0.865. The molecular weight excluding hydrogens is 589 g/mol. The number of aromatic nitrogens is 2. The number of nitrogens with zero attached hydrogens (tertiary/aromatic N) is 2. The number of benzene rings is 4. The van der Waals surface area contributed by atoms with E-state index in [0.29, 0.717) is 0 Å². The van der Waals surface area contributed by atoms with Crippen molar-refractivity contribution in [1.82, 2.24) is 9.97 Å². The maximum absolute atomic E-state index is 4.67. The molecule has 0 aliphatic heterocycles. The van der Waals surface area contributed by atoms with Crippen LogP contribution in [0.25, 0.3) is 23.3 Å². The van der Waals surface area contributed by atoms with E-state index in [9.17, 15) is 0 Å². The normalized spacial score (nSPS) is 10.8. The molecule has 0 aliphatic rings. The summed E-state index contributed by atoms with van der Waals surface area (Å²) in [7, 11) is 0. The van der Waals surface area contributed by atoms with Gasteiger partial charge in [0.15, 0.2) is 0 Å². The second-order valence-electron chi connectivity index (χ2n) is 9.40. The number of thioether (sulfide) groups is 4. The van der Waals surface area contributed by atoms with E-state index in [1.165, 1.54) is 19.6 Å². The molecule has 6 heteroatoms. The van der Waals surface area contributed by atoms with Crippen molar-refractivity contribution in [3.8, 4) is 0 Å². The highest BCUT2D eigenvalue weighted by molar-refractivity contribution is 7.99. The summed E-state index contributed by atoms with van der Waals surface area (Å²) >= 11 is 7.00. The zero-order valence-electron chi connectivity index (χ0n) is 24.1. The van der Waals surface area contributed by atoms with E-state index < -0.39 is 0 Å². The van der Waals surface area contributed by atoms with E-state index in [0.717, 1.165) is 44.8 Å². The zero-order chi connectivity index (χ0) is 29.3. The number of rotatable bonds is 10. The van der Waals surface area contributed by atoms with Crippen molar-refractivity contribution >= 4 is 70.3 Å². The van der Waals surface area contributed by atoms with Crippen LogP contribution in [-0.2, 0) is 0 Å². The Morgan fingerprint density at radius 1 is 0.429 bits per heavy atom. The molecule has 2 nitrogen and oxygen atoms in total.